The first kappa shape index (κ1) is 16.3. The third kappa shape index (κ3) is 4.74. The fourth-order valence-electron chi connectivity index (χ4n) is 2.79. The van der Waals surface area contributed by atoms with Crippen LogP contribution in [0.5, 0.6) is 5.75 Å². The van der Waals surface area contributed by atoms with Gasteiger partial charge in [0.1, 0.15) is 11.8 Å². The van der Waals surface area contributed by atoms with Crippen LogP contribution in [0.25, 0.3) is 0 Å². The summed E-state index contributed by atoms with van der Waals surface area (Å²) in [6, 6.07) is 9.41. The topological polar surface area (TPSA) is 65.4 Å². The Morgan fingerprint density at radius 2 is 2.27 bits per heavy atom. The molecule has 0 saturated carbocycles. The Kier molecular flexibility index (Phi) is 6.23. The fraction of sp³-hybridized carbons (Fsp3) is 0.529. The maximum Gasteiger partial charge on any atom is 0.218 e. The second-order valence-corrected chi connectivity index (χ2v) is 5.56. The molecule has 1 aliphatic heterocycles. The van der Waals surface area contributed by atoms with Crippen molar-refractivity contribution in [2.45, 2.75) is 38.8 Å². The molecule has 1 unspecified atom stereocenters. The normalized spacial score (nSPS) is 18.5. The highest BCUT2D eigenvalue weighted by Crippen LogP contribution is 2.18. The van der Waals surface area contributed by atoms with E-state index in [9.17, 15) is 4.79 Å². The number of likely N-dealkylation sites (tertiary alicyclic amines) is 1. The Morgan fingerprint density at radius 1 is 1.45 bits per heavy atom. The minimum absolute atomic E-state index is 0.0242. The number of carbonyl (C=O) groups excluding carboxylic acids is 1. The minimum atomic E-state index is 0.0242. The van der Waals surface area contributed by atoms with E-state index >= 15 is 0 Å². The number of rotatable bonds is 6. The van der Waals surface area contributed by atoms with E-state index in [4.69, 9.17) is 10.00 Å². The lowest BCUT2D eigenvalue weighted by Crippen LogP contribution is -2.50. The summed E-state index contributed by atoms with van der Waals surface area (Å²) in [5.41, 5.74) is 0.566. The molecule has 0 aromatic heterocycles. The zero-order chi connectivity index (χ0) is 15.8. The Morgan fingerprint density at radius 3 is 3.05 bits per heavy atom. The zero-order valence-electron chi connectivity index (χ0n) is 13.0. The highest BCUT2D eigenvalue weighted by atomic mass is 16.5. The molecule has 2 rings (SSSR count). The van der Waals surface area contributed by atoms with E-state index in [0.717, 1.165) is 32.4 Å². The summed E-state index contributed by atoms with van der Waals surface area (Å²) < 4.78 is 5.70. The molecule has 22 heavy (non-hydrogen) atoms. The maximum atomic E-state index is 11.2. The van der Waals surface area contributed by atoms with Crippen LogP contribution in [-0.2, 0) is 4.79 Å². The average molecular weight is 301 g/mol. The number of nitrogens with one attached hydrogen (secondary N) is 1. The van der Waals surface area contributed by atoms with Crippen molar-refractivity contribution in [3.63, 3.8) is 0 Å². The Labute approximate surface area is 131 Å². The van der Waals surface area contributed by atoms with Crippen molar-refractivity contribution in [2.75, 3.05) is 19.7 Å². The number of para-hydroxylation sites is 1. The number of carbonyl (C=O) groups is 1. The predicted molar refractivity (Wildman–Crippen MR) is 84.3 cm³/mol. The van der Waals surface area contributed by atoms with Gasteiger partial charge in [0, 0.05) is 20.0 Å². The predicted octanol–water partition coefficient (Wildman–Crippen LogP) is 2.28. The highest BCUT2D eigenvalue weighted by Gasteiger charge is 2.22. The number of hydrogen-bond donors (Lipinski definition) is 1. The molecule has 5 heteroatoms. The van der Waals surface area contributed by atoms with Gasteiger partial charge < -0.3 is 10.1 Å². The molecule has 1 fully saturated rings. The summed E-state index contributed by atoms with van der Waals surface area (Å²) in [5.74, 6) is 0.665. The molecule has 118 valence electrons. The van der Waals surface area contributed by atoms with Gasteiger partial charge in [-0.2, -0.15) is 5.26 Å². The van der Waals surface area contributed by atoms with E-state index in [2.05, 4.69) is 16.3 Å². The molecule has 1 N–H and O–H groups in total. The standard InChI is InChI=1S/C17H23N3O2/c1-14(21)19-17-9-4-5-10-20(17)11-6-12-22-16-8-3-2-7-15(16)13-18/h2-3,7-8,17H,4-6,9-12H2,1H3,(H,19,21). The van der Waals surface area contributed by atoms with Crippen LogP contribution in [0.4, 0.5) is 0 Å². The van der Waals surface area contributed by atoms with Gasteiger partial charge in [-0.3, -0.25) is 9.69 Å². The van der Waals surface area contributed by atoms with E-state index in [-0.39, 0.29) is 12.1 Å². The van der Waals surface area contributed by atoms with Crippen molar-refractivity contribution in [2.24, 2.45) is 0 Å². The Hall–Kier alpha value is -2.06. The van der Waals surface area contributed by atoms with Crippen LogP contribution in [0, 0.1) is 11.3 Å². The summed E-state index contributed by atoms with van der Waals surface area (Å²) in [5, 5.41) is 12.0. The van der Waals surface area contributed by atoms with Crippen LogP contribution in [0.3, 0.4) is 0 Å². The molecule has 1 heterocycles. The molecule has 1 atom stereocenters. The van der Waals surface area contributed by atoms with Crippen molar-refractivity contribution in [1.82, 2.24) is 10.2 Å². The van der Waals surface area contributed by atoms with Gasteiger partial charge in [-0.15, -0.1) is 0 Å². The number of nitriles is 1. The van der Waals surface area contributed by atoms with Gasteiger partial charge in [0.05, 0.1) is 18.3 Å². The van der Waals surface area contributed by atoms with E-state index in [0.29, 0.717) is 17.9 Å². The van der Waals surface area contributed by atoms with Gasteiger partial charge in [-0.25, -0.2) is 0 Å². The van der Waals surface area contributed by atoms with Crippen LogP contribution < -0.4 is 10.1 Å². The van der Waals surface area contributed by atoms with Gasteiger partial charge >= 0.3 is 0 Å². The van der Waals surface area contributed by atoms with Crippen molar-refractivity contribution < 1.29 is 9.53 Å². The minimum Gasteiger partial charge on any atom is -0.492 e. The smallest absolute Gasteiger partial charge is 0.218 e. The molecule has 1 saturated heterocycles. The van der Waals surface area contributed by atoms with E-state index in [1.165, 1.54) is 6.42 Å². The molecule has 5 nitrogen and oxygen atoms in total. The van der Waals surface area contributed by atoms with Gasteiger partial charge in [-0.1, -0.05) is 12.1 Å². The SMILES string of the molecule is CC(=O)NC1CCCCN1CCCOc1ccccc1C#N. The first-order chi connectivity index (χ1) is 10.7. The number of nitrogens with zero attached hydrogens (tertiary/aromatic N) is 2. The maximum absolute atomic E-state index is 11.2. The molecule has 1 aromatic rings. The van der Waals surface area contributed by atoms with Gasteiger partial charge in [0.2, 0.25) is 5.91 Å². The zero-order valence-corrected chi connectivity index (χ0v) is 13.0. The van der Waals surface area contributed by atoms with Gasteiger partial charge in [-0.05, 0) is 37.8 Å². The third-order valence-electron chi connectivity index (χ3n) is 3.84. The monoisotopic (exact) mass is 301 g/mol. The average Bonchev–Trinajstić information content (AvgIpc) is 2.53. The summed E-state index contributed by atoms with van der Waals surface area (Å²) in [4.78, 5) is 13.6. The lowest BCUT2D eigenvalue weighted by atomic mass is 10.1. The molecule has 1 aliphatic rings. The summed E-state index contributed by atoms with van der Waals surface area (Å²) >= 11 is 0. The fourth-order valence-corrected chi connectivity index (χ4v) is 2.79. The van der Waals surface area contributed by atoms with E-state index < -0.39 is 0 Å². The highest BCUT2D eigenvalue weighted by molar-refractivity contribution is 5.73. The Bertz CT molecular complexity index is 539. The van der Waals surface area contributed by atoms with Crippen molar-refractivity contribution in [3.8, 4) is 11.8 Å². The lowest BCUT2D eigenvalue weighted by molar-refractivity contribution is -0.121. The van der Waals surface area contributed by atoms with Crippen LogP contribution in [0.1, 0.15) is 38.2 Å². The molecule has 0 spiro atoms. The lowest BCUT2D eigenvalue weighted by Gasteiger charge is -2.35. The second-order valence-electron chi connectivity index (χ2n) is 5.56. The number of amides is 1. The second kappa shape index (κ2) is 8.40. The van der Waals surface area contributed by atoms with Crippen LogP contribution in [0.2, 0.25) is 0 Å². The third-order valence-corrected chi connectivity index (χ3v) is 3.84. The van der Waals surface area contributed by atoms with Crippen LogP contribution in [-0.4, -0.2) is 36.7 Å². The van der Waals surface area contributed by atoms with E-state index in [1.807, 2.05) is 18.2 Å². The van der Waals surface area contributed by atoms with Gasteiger partial charge in [0.15, 0.2) is 0 Å². The van der Waals surface area contributed by atoms with Crippen molar-refractivity contribution >= 4 is 5.91 Å². The molecule has 0 radical (unpaired) electrons. The number of benzene rings is 1. The van der Waals surface area contributed by atoms with Crippen molar-refractivity contribution in [3.05, 3.63) is 29.8 Å². The first-order valence-corrected chi connectivity index (χ1v) is 7.84. The quantitative estimate of drug-likeness (QED) is 0.819. The molecule has 0 aliphatic carbocycles. The summed E-state index contributed by atoms with van der Waals surface area (Å²) in [6.07, 6.45) is 4.37. The first-order valence-electron chi connectivity index (χ1n) is 7.84. The largest absolute Gasteiger partial charge is 0.492 e. The molecular weight excluding hydrogens is 278 g/mol. The molecular formula is C17H23N3O2. The Balaban J connectivity index is 1.77. The van der Waals surface area contributed by atoms with Crippen LogP contribution >= 0.6 is 0 Å². The summed E-state index contributed by atoms with van der Waals surface area (Å²) in [6.45, 7) is 4.04. The van der Waals surface area contributed by atoms with Crippen molar-refractivity contribution in [1.29, 1.82) is 5.26 Å². The van der Waals surface area contributed by atoms with Crippen LogP contribution in [0.15, 0.2) is 24.3 Å². The van der Waals surface area contributed by atoms with Gasteiger partial charge in [0.25, 0.3) is 0 Å². The molecule has 1 aromatic carbocycles. The summed E-state index contributed by atoms with van der Waals surface area (Å²) in [7, 11) is 0. The number of hydrogen-bond acceptors (Lipinski definition) is 4. The molecule has 0 bridgehead atoms. The van der Waals surface area contributed by atoms with E-state index in [1.54, 1.807) is 13.0 Å². The number of piperidine rings is 1. The number of ether oxygens (including phenoxy) is 1. The molecule has 1 amide bonds.